The number of aromatic nitrogens is 2. The third-order valence-corrected chi connectivity index (χ3v) is 3.82. The van der Waals surface area contributed by atoms with Gasteiger partial charge in [-0.1, -0.05) is 11.6 Å². The van der Waals surface area contributed by atoms with Crippen molar-refractivity contribution < 1.29 is 4.74 Å². The van der Waals surface area contributed by atoms with Crippen LogP contribution in [0, 0.1) is 0 Å². The van der Waals surface area contributed by atoms with Crippen molar-refractivity contribution in [2.75, 3.05) is 25.0 Å². The highest BCUT2D eigenvalue weighted by Crippen LogP contribution is 2.28. The fraction of sp³-hybridized carbons (Fsp3) is 0.667. The molecule has 3 heterocycles. The predicted octanol–water partition coefficient (Wildman–Crippen LogP) is 1.37. The zero-order valence-electron chi connectivity index (χ0n) is 10.2. The molecule has 2 aliphatic rings. The van der Waals surface area contributed by atoms with Crippen molar-refractivity contribution in [2.24, 2.45) is 0 Å². The predicted molar refractivity (Wildman–Crippen MR) is 69.9 cm³/mol. The van der Waals surface area contributed by atoms with Gasteiger partial charge < -0.3 is 15.4 Å². The zero-order valence-corrected chi connectivity index (χ0v) is 11.0. The van der Waals surface area contributed by atoms with Gasteiger partial charge in [-0.3, -0.25) is 0 Å². The molecular weight excluding hydrogens is 252 g/mol. The number of hydrogen-bond acceptors (Lipinski definition) is 5. The van der Waals surface area contributed by atoms with Crippen molar-refractivity contribution in [1.82, 2.24) is 15.5 Å². The second kappa shape index (κ2) is 5.38. The Morgan fingerprint density at radius 2 is 2.28 bits per heavy atom. The summed E-state index contributed by atoms with van der Waals surface area (Å²) in [6, 6.07) is 0.417. The molecule has 1 aromatic rings. The van der Waals surface area contributed by atoms with E-state index < -0.39 is 0 Å². The van der Waals surface area contributed by atoms with E-state index in [9.17, 15) is 0 Å². The minimum Gasteiger partial charge on any atom is -0.376 e. The van der Waals surface area contributed by atoms with Crippen LogP contribution in [-0.2, 0) is 17.8 Å². The first-order valence-corrected chi connectivity index (χ1v) is 6.81. The largest absolute Gasteiger partial charge is 0.376 e. The topological polar surface area (TPSA) is 59.1 Å². The summed E-state index contributed by atoms with van der Waals surface area (Å²) in [5.74, 6) is 0.836. The lowest BCUT2D eigenvalue weighted by molar-refractivity contribution is 0.110. The van der Waals surface area contributed by atoms with Crippen LogP contribution in [0.1, 0.15) is 24.0 Å². The minimum atomic E-state index is 0.417. The summed E-state index contributed by atoms with van der Waals surface area (Å²) in [5, 5.41) is 15.6. The molecule has 2 N–H and O–H groups in total. The standard InChI is InChI=1S/C12H17ClN4O/c13-11-9-3-5-18-7-10(9)12(17-16-11)15-8-2-1-4-14-6-8/h8,14H,1-7H2,(H,15,17)/t8-/m1/s1. The van der Waals surface area contributed by atoms with E-state index >= 15 is 0 Å². The highest BCUT2D eigenvalue weighted by Gasteiger charge is 2.21. The summed E-state index contributed by atoms with van der Waals surface area (Å²) in [6.45, 7) is 3.36. The van der Waals surface area contributed by atoms with Crippen molar-refractivity contribution in [3.8, 4) is 0 Å². The van der Waals surface area contributed by atoms with Gasteiger partial charge in [-0.25, -0.2) is 0 Å². The molecule has 1 saturated heterocycles. The number of ether oxygens (including phenoxy) is 1. The lowest BCUT2D eigenvalue weighted by atomic mass is 10.0. The molecule has 0 bridgehead atoms. The van der Waals surface area contributed by atoms with Crippen LogP contribution in [0.2, 0.25) is 5.15 Å². The van der Waals surface area contributed by atoms with Gasteiger partial charge in [-0.15, -0.1) is 10.2 Å². The van der Waals surface area contributed by atoms with Crippen molar-refractivity contribution in [3.63, 3.8) is 0 Å². The van der Waals surface area contributed by atoms with Crippen LogP contribution in [0.5, 0.6) is 0 Å². The highest BCUT2D eigenvalue weighted by molar-refractivity contribution is 6.30. The monoisotopic (exact) mass is 268 g/mol. The van der Waals surface area contributed by atoms with E-state index in [-0.39, 0.29) is 0 Å². The van der Waals surface area contributed by atoms with Gasteiger partial charge in [-0.2, -0.15) is 0 Å². The van der Waals surface area contributed by atoms with Crippen LogP contribution in [0.25, 0.3) is 0 Å². The summed E-state index contributed by atoms with van der Waals surface area (Å²) < 4.78 is 5.50. The van der Waals surface area contributed by atoms with Gasteiger partial charge in [0.05, 0.1) is 13.2 Å². The molecule has 5 nitrogen and oxygen atoms in total. The molecular formula is C12H17ClN4O. The van der Waals surface area contributed by atoms with Crippen LogP contribution in [-0.4, -0.2) is 35.9 Å². The lowest BCUT2D eigenvalue weighted by Crippen LogP contribution is -2.39. The Morgan fingerprint density at radius 1 is 1.33 bits per heavy atom. The summed E-state index contributed by atoms with van der Waals surface area (Å²) in [6.07, 6.45) is 3.17. The van der Waals surface area contributed by atoms with Crippen LogP contribution in [0.4, 0.5) is 5.82 Å². The van der Waals surface area contributed by atoms with Crippen molar-refractivity contribution >= 4 is 17.4 Å². The maximum Gasteiger partial charge on any atom is 0.155 e. The Balaban J connectivity index is 1.82. The quantitative estimate of drug-likeness (QED) is 0.848. The second-order valence-corrected chi connectivity index (χ2v) is 5.14. The van der Waals surface area contributed by atoms with Crippen LogP contribution < -0.4 is 10.6 Å². The lowest BCUT2D eigenvalue weighted by Gasteiger charge is -2.26. The molecule has 0 amide bonds. The van der Waals surface area contributed by atoms with E-state index in [1.807, 2.05) is 0 Å². The first-order chi connectivity index (χ1) is 8.84. The third-order valence-electron chi connectivity index (χ3n) is 3.52. The molecule has 0 saturated carbocycles. The second-order valence-electron chi connectivity index (χ2n) is 4.79. The van der Waals surface area contributed by atoms with Gasteiger partial charge in [0.2, 0.25) is 0 Å². The number of anilines is 1. The summed E-state index contributed by atoms with van der Waals surface area (Å²) in [4.78, 5) is 0. The number of nitrogens with one attached hydrogen (secondary N) is 2. The minimum absolute atomic E-state index is 0.417. The molecule has 1 atom stereocenters. The van der Waals surface area contributed by atoms with Crippen molar-refractivity contribution in [1.29, 1.82) is 0 Å². The molecule has 3 rings (SSSR count). The molecule has 0 aromatic carbocycles. The van der Waals surface area contributed by atoms with Crippen LogP contribution in [0.3, 0.4) is 0 Å². The molecule has 98 valence electrons. The van der Waals surface area contributed by atoms with E-state index in [0.717, 1.165) is 42.9 Å². The number of hydrogen-bond donors (Lipinski definition) is 2. The number of fused-ring (bicyclic) bond motifs is 1. The molecule has 2 aliphatic heterocycles. The van der Waals surface area contributed by atoms with Gasteiger partial charge in [0.15, 0.2) is 11.0 Å². The molecule has 6 heteroatoms. The van der Waals surface area contributed by atoms with Gasteiger partial charge in [0, 0.05) is 23.7 Å². The molecule has 0 aliphatic carbocycles. The van der Waals surface area contributed by atoms with Gasteiger partial charge in [0.25, 0.3) is 0 Å². The fourth-order valence-corrected chi connectivity index (χ4v) is 2.77. The Kier molecular flexibility index (Phi) is 3.63. The Hall–Kier alpha value is -0.910. The Labute approximate surface area is 111 Å². The smallest absolute Gasteiger partial charge is 0.155 e. The molecule has 18 heavy (non-hydrogen) atoms. The number of rotatable bonds is 2. The van der Waals surface area contributed by atoms with Gasteiger partial charge in [-0.05, 0) is 25.8 Å². The van der Waals surface area contributed by atoms with Crippen molar-refractivity contribution in [3.05, 3.63) is 16.3 Å². The van der Waals surface area contributed by atoms with Gasteiger partial charge >= 0.3 is 0 Å². The van der Waals surface area contributed by atoms with Crippen LogP contribution in [0.15, 0.2) is 0 Å². The first kappa shape index (κ1) is 12.1. The molecule has 1 aromatic heterocycles. The SMILES string of the molecule is Clc1nnc(N[C@@H]2CCCNC2)c2c1CCOC2. The molecule has 0 unspecified atom stereocenters. The number of piperidine rings is 1. The highest BCUT2D eigenvalue weighted by atomic mass is 35.5. The number of halogens is 1. The normalized spacial score (nSPS) is 23.5. The summed E-state index contributed by atoms with van der Waals surface area (Å²) in [7, 11) is 0. The van der Waals surface area contributed by atoms with Crippen LogP contribution >= 0.6 is 11.6 Å². The maximum atomic E-state index is 6.09. The third kappa shape index (κ3) is 2.43. The number of nitrogens with zero attached hydrogens (tertiary/aromatic N) is 2. The Morgan fingerprint density at radius 3 is 3.11 bits per heavy atom. The van der Waals surface area contributed by atoms with E-state index in [2.05, 4.69) is 20.8 Å². The summed E-state index contributed by atoms with van der Waals surface area (Å²) >= 11 is 6.09. The zero-order chi connectivity index (χ0) is 12.4. The summed E-state index contributed by atoms with van der Waals surface area (Å²) in [5.41, 5.74) is 2.16. The van der Waals surface area contributed by atoms with E-state index in [4.69, 9.17) is 16.3 Å². The average molecular weight is 269 g/mol. The maximum absolute atomic E-state index is 6.09. The van der Waals surface area contributed by atoms with E-state index in [0.29, 0.717) is 24.4 Å². The molecule has 0 spiro atoms. The molecule has 0 radical (unpaired) electrons. The van der Waals surface area contributed by atoms with Gasteiger partial charge in [0.1, 0.15) is 0 Å². The first-order valence-electron chi connectivity index (χ1n) is 6.43. The average Bonchev–Trinajstić information content (AvgIpc) is 2.44. The molecule has 1 fully saturated rings. The fourth-order valence-electron chi connectivity index (χ4n) is 2.52. The van der Waals surface area contributed by atoms with Crippen molar-refractivity contribution in [2.45, 2.75) is 31.9 Å². The van der Waals surface area contributed by atoms with E-state index in [1.54, 1.807) is 0 Å². The van der Waals surface area contributed by atoms with E-state index in [1.165, 1.54) is 6.42 Å². The Bertz CT molecular complexity index is 434.